The van der Waals surface area contributed by atoms with Crippen molar-refractivity contribution in [3.05, 3.63) is 41.3 Å². The highest BCUT2D eigenvalue weighted by Gasteiger charge is 2.23. The van der Waals surface area contributed by atoms with E-state index in [0.717, 1.165) is 5.02 Å². The van der Waals surface area contributed by atoms with Gasteiger partial charge in [0.05, 0.1) is 0 Å². The molecule has 0 amide bonds. The molecule has 1 aliphatic carbocycles. The first-order valence-corrected chi connectivity index (χ1v) is 3.83. The van der Waals surface area contributed by atoms with Gasteiger partial charge >= 0.3 is 0 Å². The van der Waals surface area contributed by atoms with E-state index in [2.05, 4.69) is 12.5 Å². The van der Waals surface area contributed by atoms with Crippen molar-refractivity contribution in [1.29, 1.82) is 0 Å². The fourth-order valence-corrected chi connectivity index (χ4v) is 1.28. The number of rotatable bonds is 1. The summed E-state index contributed by atoms with van der Waals surface area (Å²) >= 11 is 5.80. The number of benzene rings is 1. The Kier molecular flexibility index (Phi) is 1.42. The summed E-state index contributed by atoms with van der Waals surface area (Å²) in [7, 11) is 0. The molecule has 1 fully saturated rings. The topological polar surface area (TPSA) is 0 Å². The Labute approximate surface area is 65.8 Å². The van der Waals surface area contributed by atoms with Crippen molar-refractivity contribution in [2.24, 2.45) is 0 Å². The summed E-state index contributed by atoms with van der Waals surface area (Å²) in [4.78, 5) is 0. The Bertz CT molecular complexity index is 238. The van der Waals surface area contributed by atoms with Gasteiger partial charge in [-0.15, -0.1) is 0 Å². The lowest BCUT2D eigenvalue weighted by atomic mass is 10.1. The first-order valence-electron chi connectivity index (χ1n) is 3.45. The van der Waals surface area contributed by atoms with Crippen LogP contribution in [-0.4, -0.2) is 0 Å². The maximum atomic E-state index is 5.80. The van der Waals surface area contributed by atoms with Gasteiger partial charge in [0, 0.05) is 5.02 Å². The standard InChI is InChI=1S/C9H8Cl/c10-9-3-1-2-8(6-9)7-4-5-7/h1-4,6-7H,5H2. The minimum atomic E-state index is 0.693. The van der Waals surface area contributed by atoms with E-state index in [0.29, 0.717) is 5.92 Å². The molecule has 1 aromatic rings. The van der Waals surface area contributed by atoms with Gasteiger partial charge in [0.2, 0.25) is 0 Å². The predicted octanol–water partition coefficient (Wildman–Crippen LogP) is 3.03. The van der Waals surface area contributed by atoms with Gasteiger partial charge in [-0.05, 0) is 36.5 Å². The lowest BCUT2D eigenvalue weighted by Gasteiger charge is -1.95. The molecule has 51 valence electrons. The SMILES string of the molecule is Clc1cccc(C2[CH]C2)c1. The van der Waals surface area contributed by atoms with Crippen molar-refractivity contribution in [2.75, 3.05) is 0 Å². The van der Waals surface area contributed by atoms with Crippen molar-refractivity contribution < 1.29 is 0 Å². The monoisotopic (exact) mass is 151 g/mol. The average Bonchev–Trinajstić information content (AvgIpc) is 2.68. The molecule has 1 atom stereocenters. The molecular weight excluding hydrogens is 144 g/mol. The molecule has 1 unspecified atom stereocenters. The van der Waals surface area contributed by atoms with Gasteiger partial charge < -0.3 is 0 Å². The van der Waals surface area contributed by atoms with Crippen LogP contribution in [0, 0.1) is 6.42 Å². The predicted molar refractivity (Wildman–Crippen MR) is 43.1 cm³/mol. The lowest BCUT2D eigenvalue weighted by Crippen LogP contribution is -1.76. The molecule has 0 bridgehead atoms. The van der Waals surface area contributed by atoms with Crippen LogP contribution < -0.4 is 0 Å². The molecule has 0 aromatic heterocycles. The molecular formula is C9H8Cl. The molecule has 10 heavy (non-hydrogen) atoms. The first kappa shape index (κ1) is 6.23. The van der Waals surface area contributed by atoms with Crippen LogP contribution in [0.2, 0.25) is 5.02 Å². The number of hydrogen-bond donors (Lipinski definition) is 0. The Morgan fingerprint density at radius 3 is 2.80 bits per heavy atom. The van der Waals surface area contributed by atoms with Crippen LogP contribution in [0.25, 0.3) is 0 Å². The van der Waals surface area contributed by atoms with Gasteiger partial charge in [-0.3, -0.25) is 0 Å². The fourth-order valence-electron chi connectivity index (χ4n) is 1.08. The molecule has 0 aliphatic heterocycles. The van der Waals surface area contributed by atoms with Crippen LogP contribution in [-0.2, 0) is 0 Å². The summed E-state index contributed by atoms with van der Waals surface area (Å²) in [5.41, 5.74) is 1.35. The van der Waals surface area contributed by atoms with E-state index in [4.69, 9.17) is 11.6 Å². The summed E-state index contributed by atoms with van der Waals surface area (Å²) in [6.45, 7) is 0. The molecule has 1 saturated carbocycles. The third-order valence-electron chi connectivity index (χ3n) is 1.75. The van der Waals surface area contributed by atoms with Gasteiger partial charge in [-0.1, -0.05) is 23.7 Å². The highest BCUT2D eigenvalue weighted by molar-refractivity contribution is 6.30. The van der Waals surface area contributed by atoms with Crippen LogP contribution >= 0.6 is 11.6 Å². The Balaban J connectivity index is 2.32. The number of halogens is 1. The zero-order valence-electron chi connectivity index (χ0n) is 5.55. The van der Waals surface area contributed by atoms with E-state index in [1.165, 1.54) is 12.0 Å². The summed E-state index contributed by atoms with van der Waals surface area (Å²) in [6.07, 6.45) is 3.51. The molecule has 0 saturated heterocycles. The second kappa shape index (κ2) is 2.28. The Morgan fingerprint density at radius 2 is 2.20 bits per heavy atom. The highest BCUT2D eigenvalue weighted by atomic mass is 35.5. The van der Waals surface area contributed by atoms with Crippen LogP contribution in [0.4, 0.5) is 0 Å². The third-order valence-corrected chi connectivity index (χ3v) is 1.98. The van der Waals surface area contributed by atoms with Gasteiger partial charge in [-0.25, -0.2) is 0 Å². The van der Waals surface area contributed by atoms with Gasteiger partial charge in [0.25, 0.3) is 0 Å². The van der Waals surface area contributed by atoms with E-state index in [1.807, 2.05) is 18.2 Å². The fraction of sp³-hybridized carbons (Fsp3) is 0.222. The quantitative estimate of drug-likeness (QED) is 0.579. The average molecular weight is 152 g/mol. The van der Waals surface area contributed by atoms with E-state index in [9.17, 15) is 0 Å². The summed E-state index contributed by atoms with van der Waals surface area (Å²) in [5, 5.41) is 0.845. The van der Waals surface area contributed by atoms with Crippen LogP contribution in [0.5, 0.6) is 0 Å². The Hall–Kier alpha value is -0.490. The van der Waals surface area contributed by atoms with E-state index < -0.39 is 0 Å². The minimum Gasteiger partial charge on any atom is -0.0843 e. The van der Waals surface area contributed by atoms with Crippen molar-refractivity contribution in [3.63, 3.8) is 0 Å². The maximum absolute atomic E-state index is 5.80. The van der Waals surface area contributed by atoms with Crippen LogP contribution in [0.15, 0.2) is 24.3 Å². The molecule has 0 nitrogen and oxygen atoms in total. The third kappa shape index (κ3) is 1.17. The minimum absolute atomic E-state index is 0.693. The van der Waals surface area contributed by atoms with Crippen molar-refractivity contribution in [3.8, 4) is 0 Å². The van der Waals surface area contributed by atoms with Crippen LogP contribution in [0.1, 0.15) is 17.9 Å². The molecule has 1 heteroatoms. The largest absolute Gasteiger partial charge is 0.0843 e. The van der Waals surface area contributed by atoms with Gasteiger partial charge in [-0.2, -0.15) is 0 Å². The van der Waals surface area contributed by atoms with Gasteiger partial charge in [0.15, 0.2) is 0 Å². The smallest absolute Gasteiger partial charge is 0.0408 e. The van der Waals surface area contributed by atoms with E-state index in [1.54, 1.807) is 0 Å². The second-order valence-corrected chi connectivity index (χ2v) is 3.07. The summed E-state index contributed by atoms with van der Waals surface area (Å²) < 4.78 is 0. The summed E-state index contributed by atoms with van der Waals surface area (Å²) in [5.74, 6) is 0.693. The molecule has 0 spiro atoms. The molecule has 1 aliphatic rings. The molecule has 1 aromatic carbocycles. The maximum Gasteiger partial charge on any atom is 0.0408 e. The molecule has 1 radical (unpaired) electrons. The molecule has 0 N–H and O–H groups in total. The highest BCUT2D eigenvalue weighted by Crippen LogP contribution is 2.39. The van der Waals surface area contributed by atoms with Crippen molar-refractivity contribution in [2.45, 2.75) is 12.3 Å². The van der Waals surface area contributed by atoms with E-state index in [-0.39, 0.29) is 0 Å². The van der Waals surface area contributed by atoms with Crippen LogP contribution in [0.3, 0.4) is 0 Å². The zero-order chi connectivity index (χ0) is 6.97. The van der Waals surface area contributed by atoms with Crippen molar-refractivity contribution >= 4 is 11.6 Å². The molecule has 2 rings (SSSR count). The van der Waals surface area contributed by atoms with Crippen molar-refractivity contribution in [1.82, 2.24) is 0 Å². The van der Waals surface area contributed by atoms with Gasteiger partial charge in [0.1, 0.15) is 0 Å². The lowest BCUT2D eigenvalue weighted by molar-refractivity contribution is 1.16. The second-order valence-electron chi connectivity index (χ2n) is 2.63. The summed E-state index contributed by atoms with van der Waals surface area (Å²) in [6, 6.07) is 8.08. The first-order chi connectivity index (χ1) is 4.86. The molecule has 0 heterocycles. The normalized spacial score (nSPS) is 17.3. The number of hydrogen-bond acceptors (Lipinski definition) is 0. The zero-order valence-corrected chi connectivity index (χ0v) is 6.31. The van der Waals surface area contributed by atoms with E-state index >= 15 is 0 Å². The Morgan fingerprint density at radius 1 is 1.40 bits per heavy atom.